The van der Waals surface area contributed by atoms with Gasteiger partial charge in [0, 0.05) is 43.8 Å². The molecule has 0 atom stereocenters. The Morgan fingerprint density at radius 3 is 2.21 bits per heavy atom. The summed E-state index contributed by atoms with van der Waals surface area (Å²) in [4.78, 5) is 13.8. The molecule has 1 saturated heterocycles. The summed E-state index contributed by atoms with van der Waals surface area (Å²) < 4.78 is 5.24. The summed E-state index contributed by atoms with van der Waals surface area (Å²) in [6.45, 7) is 5.83. The molecule has 3 aromatic rings. The van der Waals surface area contributed by atoms with E-state index in [1.807, 2.05) is 36.5 Å². The molecule has 2 heterocycles. The number of aryl methyl sites for hydroxylation is 1. The van der Waals surface area contributed by atoms with Gasteiger partial charge in [0.25, 0.3) is 0 Å². The monoisotopic (exact) mass is 375 g/mol. The van der Waals surface area contributed by atoms with Gasteiger partial charge in [-0.1, -0.05) is 17.7 Å². The van der Waals surface area contributed by atoms with E-state index in [1.54, 1.807) is 7.11 Å². The van der Waals surface area contributed by atoms with Crippen LogP contribution in [0.15, 0.2) is 60.8 Å². The van der Waals surface area contributed by atoms with Gasteiger partial charge in [0.2, 0.25) is 5.95 Å². The van der Waals surface area contributed by atoms with Crippen molar-refractivity contribution in [2.45, 2.75) is 6.92 Å². The summed E-state index contributed by atoms with van der Waals surface area (Å²) in [6, 6.07) is 18.5. The first kappa shape index (κ1) is 18.1. The summed E-state index contributed by atoms with van der Waals surface area (Å²) >= 11 is 0. The van der Waals surface area contributed by atoms with Crippen molar-refractivity contribution < 1.29 is 4.74 Å². The number of ether oxygens (including phenoxy) is 1. The molecule has 0 amide bonds. The number of rotatable bonds is 5. The molecule has 6 heteroatoms. The minimum absolute atomic E-state index is 0.624. The molecule has 0 radical (unpaired) electrons. The van der Waals surface area contributed by atoms with Gasteiger partial charge in [0.1, 0.15) is 11.6 Å². The summed E-state index contributed by atoms with van der Waals surface area (Å²) in [7, 11) is 1.69. The van der Waals surface area contributed by atoms with Crippen LogP contribution in [0.2, 0.25) is 0 Å². The van der Waals surface area contributed by atoms with Crippen LogP contribution >= 0.6 is 0 Å². The van der Waals surface area contributed by atoms with Crippen molar-refractivity contribution in [1.82, 2.24) is 9.97 Å². The van der Waals surface area contributed by atoms with E-state index in [4.69, 9.17) is 9.72 Å². The van der Waals surface area contributed by atoms with Crippen LogP contribution < -0.4 is 19.9 Å². The van der Waals surface area contributed by atoms with Gasteiger partial charge in [-0.15, -0.1) is 0 Å². The minimum Gasteiger partial charge on any atom is -0.497 e. The third-order valence-corrected chi connectivity index (χ3v) is 4.99. The van der Waals surface area contributed by atoms with Crippen LogP contribution in [0.1, 0.15) is 5.56 Å². The van der Waals surface area contributed by atoms with Gasteiger partial charge in [0.05, 0.1) is 7.11 Å². The molecule has 1 aliphatic rings. The molecule has 0 saturated carbocycles. The van der Waals surface area contributed by atoms with Crippen molar-refractivity contribution in [3.05, 3.63) is 66.4 Å². The maximum atomic E-state index is 5.24. The molecular formula is C22H25N5O. The van der Waals surface area contributed by atoms with Crippen LogP contribution in [0.5, 0.6) is 5.75 Å². The lowest BCUT2D eigenvalue weighted by Gasteiger charge is -2.36. The second-order valence-corrected chi connectivity index (χ2v) is 6.90. The lowest BCUT2D eigenvalue weighted by atomic mass is 10.2. The van der Waals surface area contributed by atoms with E-state index in [2.05, 4.69) is 51.3 Å². The molecule has 1 fully saturated rings. The van der Waals surface area contributed by atoms with E-state index in [0.717, 1.165) is 43.4 Å². The Bertz CT molecular complexity index is 903. The number of aromatic nitrogens is 2. The zero-order valence-electron chi connectivity index (χ0n) is 16.3. The summed E-state index contributed by atoms with van der Waals surface area (Å²) in [5.74, 6) is 2.47. The molecular weight excluding hydrogens is 350 g/mol. The number of benzene rings is 2. The summed E-state index contributed by atoms with van der Waals surface area (Å²) in [5, 5.41) is 3.28. The highest BCUT2D eigenvalue weighted by Gasteiger charge is 2.19. The molecule has 0 bridgehead atoms. The van der Waals surface area contributed by atoms with Crippen molar-refractivity contribution in [2.24, 2.45) is 0 Å². The number of hydrogen-bond donors (Lipinski definition) is 1. The Labute approximate surface area is 165 Å². The molecule has 28 heavy (non-hydrogen) atoms. The van der Waals surface area contributed by atoms with Crippen molar-refractivity contribution in [3.8, 4) is 5.75 Å². The third kappa shape index (κ3) is 4.17. The molecule has 1 N–H and O–H groups in total. The number of anilines is 4. The van der Waals surface area contributed by atoms with E-state index in [9.17, 15) is 0 Å². The standard InChI is InChI=1S/C22H25N5O/c1-17-3-5-18(6-4-17)24-22-23-12-11-21(25-22)27-15-13-26(14-16-27)19-7-9-20(28-2)10-8-19/h3-12H,13-16H2,1-2H3,(H,23,24,25). The fourth-order valence-corrected chi connectivity index (χ4v) is 3.34. The molecule has 0 unspecified atom stereocenters. The largest absolute Gasteiger partial charge is 0.497 e. The molecule has 6 nitrogen and oxygen atoms in total. The average Bonchev–Trinajstić information content (AvgIpc) is 2.76. The Morgan fingerprint density at radius 1 is 0.857 bits per heavy atom. The van der Waals surface area contributed by atoms with Crippen molar-refractivity contribution >= 4 is 23.1 Å². The smallest absolute Gasteiger partial charge is 0.229 e. The molecule has 1 aliphatic heterocycles. The van der Waals surface area contributed by atoms with Gasteiger partial charge in [-0.3, -0.25) is 0 Å². The lowest BCUT2D eigenvalue weighted by molar-refractivity contribution is 0.415. The number of methoxy groups -OCH3 is 1. The molecule has 0 spiro atoms. The first-order valence-corrected chi connectivity index (χ1v) is 9.52. The van der Waals surface area contributed by atoms with E-state index in [0.29, 0.717) is 5.95 Å². The SMILES string of the molecule is COc1ccc(N2CCN(c3ccnc(Nc4ccc(C)cc4)n3)CC2)cc1. The number of nitrogens with one attached hydrogen (secondary N) is 1. The Morgan fingerprint density at radius 2 is 1.54 bits per heavy atom. The van der Waals surface area contributed by atoms with Gasteiger partial charge in [0.15, 0.2) is 0 Å². The van der Waals surface area contributed by atoms with Crippen molar-refractivity contribution in [2.75, 3.05) is 48.4 Å². The highest BCUT2D eigenvalue weighted by Crippen LogP contribution is 2.23. The highest BCUT2D eigenvalue weighted by atomic mass is 16.5. The Balaban J connectivity index is 1.39. The zero-order valence-corrected chi connectivity index (χ0v) is 16.3. The quantitative estimate of drug-likeness (QED) is 0.731. The second-order valence-electron chi connectivity index (χ2n) is 6.90. The van der Waals surface area contributed by atoms with Crippen LogP contribution in [0.3, 0.4) is 0 Å². The summed E-state index contributed by atoms with van der Waals surface area (Å²) in [6.07, 6.45) is 1.81. The fourth-order valence-electron chi connectivity index (χ4n) is 3.34. The number of hydrogen-bond acceptors (Lipinski definition) is 6. The van der Waals surface area contributed by atoms with Crippen LogP contribution in [0.4, 0.5) is 23.1 Å². The topological polar surface area (TPSA) is 53.5 Å². The predicted molar refractivity (Wildman–Crippen MR) is 114 cm³/mol. The van der Waals surface area contributed by atoms with Gasteiger partial charge in [-0.25, -0.2) is 4.98 Å². The average molecular weight is 375 g/mol. The molecule has 144 valence electrons. The normalized spacial score (nSPS) is 14.1. The number of piperazine rings is 1. The molecule has 4 rings (SSSR count). The maximum absolute atomic E-state index is 5.24. The van der Waals surface area contributed by atoms with Gasteiger partial charge in [-0.05, 0) is 49.4 Å². The van der Waals surface area contributed by atoms with E-state index >= 15 is 0 Å². The highest BCUT2D eigenvalue weighted by molar-refractivity contribution is 5.56. The predicted octanol–water partition coefficient (Wildman–Crippen LogP) is 3.86. The minimum atomic E-state index is 0.624. The molecule has 2 aromatic carbocycles. The van der Waals surface area contributed by atoms with Gasteiger partial charge in [-0.2, -0.15) is 4.98 Å². The summed E-state index contributed by atoms with van der Waals surface area (Å²) in [5.41, 5.74) is 3.45. The second kappa shape index (κ2) is 8.17. The Hall–Kier alpha value is -3.28. The van der Waals surface area contributed by atoms with Crippen molar-refractivity contribution in [3.63, 3.8) is 0 Å². The lowest BCUT2D eigenvalue weighted by Crippen LogP contribution is -2.46. The van der Waals surface area contributed by atoms with E-state index in [-0.39, 0.29) is 0 Å². The zero-order chi connectivity index (χ0) is 19.3. The molecule has 1 aromatic heterocycles. The molecule has 0 aliphatic carbocycles. The number of nitrogens with zero attached hydrogens (tertiary/aromatic N) is 4. The van der Waals surface area contributed by atoms with E-state index in [1.165, 1.54) is 11.3 Å². The van der Waals surface area contributed by atoms with Crippen LogP contribution in [0, 0.1) is 6.92 Å². The van der Waals surface area contributed by atoms with Gasteiger partial charge < -0.3 is 19.9 Å². The van der Waals surface area contributed by atoms with Crippen molar-refractivity contribution in [1.29, 1.82) is 0 Å². The first-order valence-electron chi connectivity index (χ1n) is 9.52. The van der Waals surface area contributed by atoms with Crippen LogP contribution in [0.25, 0.3) is 0 Å². The maximum Gasteiger partial charge on any atom is 0.229 e. The van der Waals surface area contributed by atoms with Gasteiger partial charge >= 0.3 is 0 Å². The van der Waals surface area contributed by atoms with E-state index < -0.39 is 0 Å². The van der Waals surface area contributed by atoms with Crippen LogP contribution in [-0.2, 0) is 0 Å². The first-order chi connectivity index (χ1) is 13.7. The fraction of sp³-hybridized carbons (Fsp3) is 0.273. The Kier molecular flexibility index (Phi) is 5.28. The third-order valence-electron chi connectivity index (χ3n) is 4.99. The van der Waals surface area contributed by atoms with Crippen LogP contribution in [-0.4, -0.2) is 43.3 Å².